The first-order valence-electron chi connectivity index (χ1n) is 5.67. The van der Waals surface area contributed by atoms with E-state index in [1.165, 1.54) is 0 Å². The number of aliphatic hydroxyl groups is 1. The van der Waals surface area contributed by atoms with Crippen molar-refractivity contribution in [3.63, 3.8) is 0 Å². The molecule has 1 N–H and O–H groups in total. The number of fused-ring (bicyclic) bond motifs is 1. The van der Waals surface area contributed by atoms with Crippen LogP contribution in [0, 0.1) is 0 Å². The first kappa shape index (κ1) is 12.0. The van der Waals surface area contributed by atoms with Gasteiger partial charge in [0, 0.05) is 17.0 Å². The number of benzene rings is 1. The average Bonchev–Trinajstić information content (AvgIpc) is 2.37. The molecule has 0 spiro atoms. The SMILES string of the molecule is COc1cc2c(c(C(C)(C)CO)c1)OCCO2. The van der Waals surface area contributed by atoms with Crippen LogP contribution in [0.1, 0.15) is 19.4 Å². The van der Waals surface area contributed by atoms with Gasteiger partial charge >= 0.3 is 0 Å². The van der Waals surface area contributed by atoms with Crippen molar-refractivity contribution >= 4 is 0 Å². The summed E-state index contributed by atoms with van der Waals surface area (Å²) in [5, 5.41) is 9.48. The summed E-state index contributed by atoms with van der Waals surface area (Å²) in [7, 11) is 1.61. The van der Waals surface area contributed by atoms with Crippen LogP contribution >= 0.6 is 0 Å². The van der Waals surface area contributed by atoms with E-state index in [0.717, 1.165) is 11.3 Å². The van der Waals surface area contributed by atoms with E-state index in [1.807, 2.05) is 26.0 Å². The molecule has 1 aromatic carbocycles. The minimum atomic E-state index is -0.390. The van der Waals surface area contributed by atoms with Crippen LogP contribution in [0.2, 0.25) is 0 Å². The third-order valence-electron chi connectivity index (χ3n) is 2.98. The van der Waals surface area contributed by atoms with Crippen LogP contribution in [0.3, 0.4) is 0 Å². The highest BCUT2D eigenvalue weighted by molar-refractivity contribution is 5.55. The molecule has 4 nitrogen and oxygen atoms in total. The highest BCUT2D eigenvalue weighted by atomic mass is 16.6. The number of rotatable bonds is 3. The number of aliphatic hydroxyl groups excluding tert-OH is 1. The molecule has 0 radical (unpaired) electrons. The van der Waals surface area contributed by atoms with E-state index in [1.54, 1.807) is 7.11 Å². The summed E-state index contributed by atoms with van der Waals surface area (Å²) in [6, 6.07) is 3.70. The summed E-state index contributed by atoms with van der Waals surface area (Å²) in [6.07, 6.45) is 0. The van der Waals surface area contributed by atoms with Gasteiger partial charge in [-0.1, -0.05) is 13.8 Å². The van der Waals surface area contributed by atoms with Crippen molar-refractivity contribution in [3.8, 4) is 17.2 Å². The Labute approximate surface area is 101 Å². The van der Waals surface area contributed by atoms with Gasteiger partial charge in [0.1, 0.15) is 19.0 Å². The third-order valence-corrected chi connectivity index (χ3v) is 2.98. The molecule has 0 fully saturated rings. The van der Waals surface area contributed by atoms with E-state index in [2.05, 4.69) is 0 Å². The van der Waals surface area contributed by atoms with Gasteiger partial charge in [-0.25, -0.2) is 0 Å². The predicted molar refractivity (Wildman–Crippen MR) is 64.1 cm³/mol. The maximum Gasteiger partial charge on any atom is 0.165 e. The Hall–Kier alpha value is -1.42. The van der Waals surface area contributed by atoms with Crippen molar-refractivity contribution in [1.82, 2.24) is 0 Å². The summed E-state index contributed by atoms with van der Waals surface area (Å²) in [5.41, 5.74) is 0.522. The molecule has 0 unspecified atom stereocenters. The van der Waals surface area contributed by atoms with E-state index in [4.69, 9.17) is 14.2 Å². The summed E-state index contributed by atoms with van der Waals surface area (Å²) < 4.78 is 16.5. The van der Waals surface area contributed by atoms with E-state index in [0.29, 0.717) is 24.7 Å². The van der Waals surface area contributed by atoms with E-state index in [9.17, 15) is 5.11 Å². The standard InChI is InChI=1S/C13H18O4/c1-13(2,8-14)10-6-9(15-3)7-11-12(10)17-5-4-16-11/h6-7,14H,4-5,8H2,1-3H3. The van der Waals surface area contributed by atoms with Crippen molar-refractivity contribution in [1.29, 1.82) is 0 Å². The zero-order valence-corrected chi connectivity index (χ0v) is 10.4. The largest absolute Gasteiger partial charge is 0.497 e. The Bertz CT molecular complexity index is 412. The Morgan fingerprint density at radius 1 is 1.29 bits per heavy atom. The van der Waals surface area contributed by atoms with Crippen LogP contribution in [0.25, 0.3) is 0 Å². The zero-order valence-electron chi connectivity index (χ0n) is 10.4. The molecule has 17 heavy (non-hydrogen) atoms. The Balaban J connectivity index is 2.55. The number of methoxy groups -OCH3 is 1. The maximum atomic E-state index is 9.48. The van der Waals surface area contributed by atoms with Crippen molar-refractivity contribution in [2.45, 2.75) is 19.3 Å². The first-order chi connectivity index (χ1) is 8.08. The Kier molecular flexibility index (Phi) is 3.15. The highest BCUT2D eigenvalue weighted by Crippen LogP contribution is 2.43. The van der Waals surface area contributed by atoms with Crippen LogP contribution in [0.4, 0.5) is 0 Å². The first-order valence-corrected chi connectivity index (χ1v) is 5.67. The van der Waals surface area contributed by atoms with Gasteiger partial charge in [-0.05, 0) is 6.07 Å². The normalized spacial score (nSPS) is 14.6. The zero-order chi connectivity index (χ0) is 12.5. The molecule has 0 saturated heterocycles. The fraction of sp³-hybridized carbons (Fsp3) is 0.538. The Morgan fingerprint density at radius 3 is 2.65 bits per heavy atom. The van der Waals surface area contributed by atoms with E-state index in [-0.39, 0.29) is 12.0 Å². The van der Waals surface area contributed by atoms with Crippen LogP contribution in [0.5, 0.6) is 17.2 Å². The molecular weight excluding hydrogens is 220 g/mol. The minimum Gasteiger partial charge on any atom is -0.497 e. The second-order valence-corrected chi connectivity index (χ2v) is 4.74. The van der Waals surface area contributed by atoms with Crippen molar-refractivity contribution in [3.05, 3.63) is 17.7 Å². The average molecular weight is 238 g/mol. The van der Waals surface area contributed by atoms with Crippen molar-refractivity contribution in [2.24, 2.45) is 0 Å². The third kappa shape index (κ3) is 2.17. The van der Waals surface area contributed by atoms with Gasteiger partial charge in [-0.3, -0.25) is 0 Å². The van der Waals surface area contributed by atoms with Gasteiger partial charge in [0.25, 0.3) is 0 Å². The van der Waals surface area contributed by atoms with Gasteiger partial charge in [-0.2, -0.15) is 0 Å². The highest BCUT2D eigenvalue weighted by Gasteiger charge is 2.28. The van der Waals surface area contributed by atoms with Gasteiger partial charge in [0.15, 0.2) is 11.5 Å². The maximum absolute atomic E-state index is 9.48. The quantitative estimate of drug-likeness (QED) is 0.871. The molecule has 0 amide bonds. The van der Waals surface area contributed by atoms with Crippen LogP contribution < -0.4 is 14.2 Å². The lowest BCUT2D eigenvalue weighted by Crippen LogP contribution is -2.26. The van der Waals surface area contributed by atoms with E-state index >= 15 is 0 Å². The molecule has 0 aliphatic carbocycles. The van der Waals surface area contributed by atoms with Crippen molar-refractivity contribution < 1.29 is 19.3 Å². The topological polar surface area (TPSA) is 47.9 Å². The lowest BCUT2D eigenvalue weighted by atomic mass is 9.84. The summed E-state index contributed by atoms with van der Waals surface area (Å²) in [6.45, 7) is 5.03. The van der Waals surface area contributed by atoms with Gasteiger partial charge in [-0.15, -0.1) is 0 Å². The summed E-state index contributed by atoms with van der Waals surface area (Å²) in [4.78, 5) is 0. The summed E-state index contributed by atoms with van der Waals surface area (Å²) in [5.74, 6) is 2.12. The predicted octanol–water partition coefficient (Wildman–Crippen LogP) is 1.74. The molecule has 1 heterocycles. The molecule has 0 saturated carbocycles. The van der Waals surface area contributed by atoms with Crippen molar-refractivity contribution in [2.75, 3.05) is 26.9 Å². The lowest BCUT2D eigenvalue weighted by Gasteiger charge is -2.29. The molecule has 1 aliphatic heterocycles. The molecular formula is C13H18O4. The van der Waals surface area contributed by atoms with Crippen LogP contribution in [-0.2, 0) is 5.41 Å². The second-order valence-electron chi connectivity index (χ2n) is 4.74. The number of hydrogen-bond acceptors (Lipinski definition) is 4. The summed E-state index contributed by atoms with van der Waals surface area (Å²) >= 11 is 0. The van der Waals surface area contributed by atoms with Crippen LogP contribution in [-0.4, -0.2) is 32.0 Å². The molecule has 4 heteroatoms. The molecule has 1 aromatic rings. The smallest absolute Gasteiger partial charge is 0.165 e. The molecule has 2 rings (SSSR count). The van der Waals surface area contributed by atoms with Gasteiger partial charge in [0.2, 0.25) is 0 Å². The van der Waals surface area contributed by atoms with E-state index < -0.39 is 0 Å². The lowest BCUT2D eigenvalue weighted by molar-refractivity contribution is 0.160. The molecule has 1 aliphatic rings. The van der Waals surface area contributed by atoms with Gasteiger partial charge < -0.3 is 19.3 Å². The second kappa shape index (κ2) is 4.45. The monoisotopic (exact) mass is 238 g/mol. The number of hydrogen-bond donors (Lipinski definition) is 1. The van der Waals surface area contributed by atoms with Gasteiger partial charge in [0.05, 0.1) is 13.7 Å². The number of ether oxygens (including phenoxy) is 3. The van der Waals surface area contributed by atoms with Crippen LogP contribution in [0.15, 0.2) is 12.1 Å². The molecule has 0 atom stereocenters. The molecule has 0 bridgehead atoms. The fourth-order valence-corrected chi connectivity index (χ4v) is 1.83. The minimum absolute atomic E-state index is 0.0377. The fourth-order valence-electron chi connectivity index (χ4n) is 1.83. The molecule has 0 aromatic heterocycles. The molecule has 94 valence electrons. The Morgan fingerprint density at radius 2 is 2.00 bits per heavy atom.